The van der Waals surface area contributed by atoms with Crippen LogP contribution in [-0.2, 0) is 6.18 Å². The average molecular weight is 399 g/mol. The van der Waals surface area contributed by atoms with Gasteiger partial charge in [0.2, 0.25) is 0 Å². The zero-order chi connectivity index (χ0) is 19.6. The largest absolute Gasteiger partial charge is 0.417 e. The highest BCUT2D eigenvalue weighted by molar-refractivity contribution is 6.31. The molecule has 1 aliphatic rings. The Balaban J connectivity index is 1.76. The van der Waals surface area contributed by atoms with Crippen LogP contribution in [0.1, 0.15) is 35.8 Å². The third-order valence-electron chi connectivity index (χ3n) is 4.52. The van der Waals surface area contributed by atoms with Gasteiger partial charge in [0.15, 0.2) is 0 Å². The molecule has 1 N–H and O–H groups in total. The van der Waals surface area contributed by atoms with E-state index < -0.39 is 22.7 Å². The Morgan fingerprint density at radius 2 is 1.93 bits per heavy atom. The first-order valence-electron chi connectivity index (χ1n) is 8.49. The summed E-state index contributed by atoms with van der Waals surface area (Å²) in [5, 5.41) is 2.00. The van der Waals surface area contributed by atoms with E-state index in [4.69, 9.17) is 11.6 Å². The van der Waals surface area contributed by atoms with Gasteiger partial charge in [0.05, 0.1) is 10.6 Å². The number of benzene rings is 1. The number of carbonyl (C=O) groups is 1. The molecule has 0 spiro atoms. The first kappa shape index (κ1) is 19.4. The number of nitrogens with zero attached hydrogens (tertiary/aromatic N) is 3. The molecule has 0 atom stereocenters. The molecule has 0 bridgehead atoms. The van der Waals surface area contributed by atoms with Crippen LogP contribution in [0, 0.1) is 5.92 Å². The molecule has 2 heterocycles. The number of carbonyl (C=O) groups excluding carboxylic acids is 1. The average Bonchev–Trinajstić information content (AvgIpc) is 2.63. The number of aromatic nitrogens is 2. The Labute approximate surface area is 159 Å². The van der Waals surface area contributed by atoms with Crippen molar-refractivity contribution in [3.05, 3.63) is 46.9 Å². The fraction of sp³-hybridized carbons (Fsp3) is 0.389. The smallest absolute Gasteiger partial charge is 0.356 e. The van der Waals surface area contributed by atoms with Gasteiger partial charge >= 0.3 is 6.18 Å². The molecule has 0 aliphatic carbocycles. The van der Waals surface area contributed by atoms with Crippen molar-refractivity contribution < 1.29 is 18.0 Å². The Kier molecular flexibility index (Phi) is 5.55. The minimum Gasteiger partial charge on any atom is -0.356 e. The highest BCUT2D eigenvalue weighted by Gasteiger charge is 2.33. The van der Waals surface area contributed by atoms with E-state index in [1.807, 2.05) is 0 Å². The van der Waals surface area contributed by atoms with Gasteiger partial charge in [-0.05, 0) is 37.0 Å². The van der Waals surface area contributed by atoms with E-state index in [0.717, 1.165) is 38.1 Å². The molecule has 1 saturated heterocycles. The predicted octanol–water partition coefficient (Wildman–Crippen LogP) is 4.64. The number of rotatable bonds is 3. The van der Waals surface area contributed by atoms with Crippen LogP contribution < -0.4 is 10.2 Å². The predicted molar refractivity (Wildman–Crippen MR) is 97.1 cm³/mol. The third-order valence-corrected chi connectivity index (χ3v) is 4.85. The van der Waals surface area contributed by atoms with Crippen molar-refractivity contribution in [2.24, 2.45) is 5.92 Å². The fourth-order valence-electron chi connectivity index (χ4n) is 2.90. The first-order valence-corrected chi connectivity index (χ1v) is 8.87. The molecule has 27 heavy (non-hydrogen) atoms. The number of anilines is 2. The van der Waals surface area contributed by atoms with E-state index in [0.29, 0.717) is 11.7 Å². The van der Waals surface area contributed by atoms with Crippen molar-refractivity contribution in [1.82, 2.24) is 9.97 Å². The summed E-state index contributed by atoms with van der Waals surface area (Å²) in [6, 6.07) is 4.75. The van der Waals surface area contributed by atoms with Crippen LogP contribution in [0.25, 0.3) is 0 Å². The van der Waals surface area contributed by atoms with Gasteiger partial charge in [0.1, 0.15) is 17.8 Å². The van der Waals surface area contributed by atoms with E-state index in [2.05, 4.69) is 27.1 Å². The number of hydrogen-bond acceptors (Lipinski definition) is 4. The SMILES string of the molecule is CC1CCN(c2cc(C(=O)Nc3ccc(Cl)c(C(F)(F)F)c3)ncn2)CC1. The minimum absolute atomic E-state index is 0.0105. The van der Waals surface area contributed by atoms with Crippen LogP contribution in [0.15, 0.2) is 30.6 Å². The van der Waals surface area contributed by atoms with Crippen LogP contribution in [0.4, 0.5) is 24.7 Å². The number of hydrogen-bond donors (Lipinski definition) is 1. The second kappa shape index (κ2) is 7.72. The van der Waals surface area contributed by atoms with Gasteiger partial charge < -0.3 is 10.2 Å². The summed E-state index contributed by atoms with van der Waals surface area (Å²) in [5.74, 6) is 0.673. The second-order valence-corrected chi connectivity index (χ2v) is 6.98. The summed E-state index contributed by atoms with van der Waals surface area (Å²) >= 11 is 5.59. The van der Waals surface area contributed by atoms with Crippen molar-refractivity contribution in [2.45, 2.75) is 25.9 Å². The molecule has 0 saturated carbocycles. The number of alkyl halides is 3. The summed E-state index contributed by atoms with van der Waals surface area (Å²) in [6.45, 7) is 3.87. The zero-order valence-corrected chi connectivity index (χ0v) is 15.3. The van der Waals surface area contributed by atoms with Crippen LogP contribution in [-0.4, -0.2) is 29.0 Å². The normalized spacial score (nSPS) is 15.7. The third kappa shape index (κ3) is 4.68. The maximum atomic E-state index is 13.0. The molecule has 0 unspecified atom stereocenters. The molecule has 2 aromatic rings. The standard InChI is InChI=1S/C18H18ClF3N4O/c1-11-4-6-26(7-5-11)16-9-15(23-10-24-16)17(27)25-12-2-3-14(19)13(8-12)18(20,21)22/h2-3,8-11H,4-7H2,1H3,(H,25,27). The molecule has 3 rings (SSSR count). The molecule has 5 nitrogen and oxygen atoms in total. The monoisotopic (exact) mass is 398 g/mol. The lowest BCUT2D eigenvalue weighted by Gasteiger charge is -2.31. The lowest BCUT2D eigenvalue weighted by atomic mass is 9.99. The van der Waals surface area contributed by atoms with Gasteiger partial charge in [-0.2, -0.15) is 13.2 Å². The van der Waals surface area contributed by atoms with E-state index in [9.17, 15) is 18.0 Å². The number of halogens is 4. The van der Waals surface area contributed by atoms with E-state index in [-0.39, 0.29) is 11.4 Å². The van der Waals surface area contributed by atoms with Crippen molar-refractivity contribution in [3.63, 3.8) is 0 Å². The molecule has 144 valence electrons. The first-order chi connectivity index (χ1) is 12.7. The maximum Gasteiger partial charge on any atom is 0.417 e. The zero-order valence-electron chi connectivity index (χ0n) is 14.6. The van der Waals surface area contributed by atoms with Crippen LogP contribution >= 0.6 is 11.6 Å². The number of amides is 1. The van der Waals surface area contributed by atoms with Crippen LogP contribution in [0.3, 0.4) is 0 Å². The van der Waals surface area contributed by atoms with Gasteiger partial charge in [0, 0.05) is 24.8 Å². The molecule has 0 radical (unpaired) electrons. The van der Waals surface area contributed by atoms with Gasteiger partial charge in [0.25, 0.3) is 5.91 Å². The molecule has 1 aromatic carbocycles. The number of piperidine rings is 1. The Hall–Kier alpha value is -2.35. The van der Waals surface area contributed by atoms with Gasteiger partial charge in [-0.15, -0.1) is 0 Å². The lowest BCUT2D eigenvalue weighted by Crippen LogP contribution is -2.33. The van der Waals surface area contributed by atoms with Crippen molar-refractivity contribution in [2.75, 3.05) is 23.3 Å². The maximum absolute atomic E-state index is 13.0. The topological polar surface area (TPSA) is 58.1 Å². The highest BCUT2D eigenvalue weighted by atomic mass is 35.5. The lowest BCUT2D eigenvalue weighted by molar-refractivity contribution is -0.137. The molecule has 1 fully saturated rings. The summed E-state index contributed by atoms with van der Waals surface area (Å²) in [7, 11) is 0. The van der Waals surface area contributed by atoms with E-state index in [1.54, 1.807) is 6.07 Å². The van der Waals surface area contributed by atoms with Crippen LogP contribution in [0.5, 0.6) is 0 Å². The Morgan fingerprint density at radius 1 is 1.22 bits per heavy atom. The summed E-state index contributed by atoms with van der Waals surface area (Å²) in [6.07, 6.45) is -1.25. The molecule has 1 aromatic heterocycles. The quantitative estimate of drug-likeness (QED) is 0.818. The Bertz CT molecular complexity index is 836. The van der Waals surface area contributed by atoms with Gasteiger partial charge in [-0.1, -0.05) is 18.5 Å². The fourth-order valence-corrected chi connectivity index (χ4v) is 3.12. The van der Waals surface area contributed by atoms with E-state index >= 15 is 0 Å². The summed E-state index contributed by atoms with van der Waals surface area (Å²) in [5.41, 5.74) is -0.932. The minimum atomic E-state index is -4.61. The molecule has 1 amide bonds. The van der Waals surface area contributed by atoms with Crippen molar-refractivity contribution >= 4 is 29.0 Å². The number of nitrogens with one attached hydrogen (secondary N) is 1. The van der Waals surface area contributed by atoms with Crippen molar-refractivity contribution in [3.8, 4) is 0 Å². The Morgan fingerprint density at radius 3 is 2.59 bits per heavy atom. The van der Waals surface area contributed by atoms with Crippen molar-refractivity contribution in [1.29, 1.82) is 0 Å². The molecular weight excluding hydrogens is 381 g/mol. The second-order valence-electron chi connectivity index (χ2n) is 6.58. The van der Waals surface area contributed by atoms with E-state index in [1.165, 1.54) is 12.4 Å². The highest BCUT2D eigenvalue weighted by Crippen LogP contribution is 2.36. The molecular formula is C18H18ClF3N4O. The summed E-state index contributed by atoms with van der Waals surface area (Å²) in [4.78, 5) is 22.6. The van der Waals surface area contributed by atoms with Gasteiger partial charge in [-0.3, -0.25) is 4.79 Å². The summed E-state index contributed by atoms with van der Waals surface area (Å²) < 4.78 is 38.9. The molecule has 9 heteroatoms. The van der Waals surface area contributed by atoms with Gasteiger partial charge in [-0.25, -0.2) is 9.97 Å². The van der Waals surface area contributed by atoms with Crippen LogP contribution in [0.2, 0.25) is 5.02 Å². The molecule has 1 aliphatic heterocycles.